The molecule has 0 spiro atoms. The van der Waals surface area contributed by atoms with E-state index in [-0.39, 0.29) is 5.91 Å². The number of aldehydes is 1. The first kappa shape index (κ1) is 11.9. The molecule has 0 bridgehead atoms. The predicted octanol–water partition coefficient (Wildman–Crippen LogP) is 2.09. The summed E-state index contributed by atoms with van der Waals surface area (Å²) in [7, 11) is 1.56. The number of carbonyl (C=O) groups excluding carboxylic acids is 2. The highest BCUT2D eigenvalue weighted by atomic mass is 16.5. The molecule has 0 saturated heterocycles. The molecular formula is C13H12N2O3. The second kappa shape index (κ2) is 5.18. The van der Waals surface area contributed by atoms with Gasteiger partial charge in [0.2, 0.25) is 0 Å². The van der Waals surface area contributed by atoms with Crippen LogP contribution < -0.4 is 10.1 Å². The van der Waals surface area contributed by atoms with Crippen LogP contribution in [0.15, 0.2) is 36.4 Å². The minimum absolute atomic E-state index is 0.309. The molecule has 0 aliphatic rings. The Labute approximate surface area is 104 Å². The lowest BCUT2D eigenvalue weighted by Crippen LogP contribution is -2.12. The molecular weight excluding hydrogens is 232 g/mol. The molecule has 0 saturated carbocycles. The van der Waals surface area contributed by atoms with Crippen molar-refractivity contribution in [3.8, 4) is 5.75 Å². The van der Waals surface area contributed by atoms with Crippen molar-refractivity contribution in [1.29, 1.82) is 0 Å². The van der Waals surface area contributed by atoms with Crippen molar-refractivity contribution in [3.63, 3.8) is 0 Å². The van der Waals surface area contributed by atoms with Gasteiger partial charge in [-0.05, 0) is 24.3 Å². The lowest BCUT2D eigenvalue weighted by molar-refractivity contribution is 0.102. The van der Waals surface area contributed by atoms with Crippen LogP contribution in [0.25, 0.3) is 0 Å². The number of anilines is 1. The van der Waals surface area contributed by atoms with Crippen LogP contribution in [-0.4, -0.2) is 24.3 Å². The van der Waals surface area contributed by atoms with Crippen molar-refractivity contribution >= 4 is 17.9 Å². The quantitative estimate of drug-likeness (QED) is 0.809. The summed E-state index contributed by atoms with van der Waals surface area (Å²) in [5.74, 6) is 0.351. The van der Waals surface area contributed by atoms with E-state index in [9.17, 15) is 9.59 Å². The van der Waals surface area contributed by atoms with E-state index in [2.05, 4.69) is 10.3 Å². The third kappa shape index (κ3) is 2.57. The Bertz CT molecular complexity index is 575. The van der Waals surface area contributed by atoms with Crippen LogP contribution in [-0.2, 0) is 0 Å². The average molecular weight is 244 g/mol. The summed E-state index contributed by atoms with van der Waals surface area (Å²) in [5, 5.41) is 2.70. The number of aromatic amines is 1. The number of rotatable bonds is 4. The number of carbonyl (C=O) groups is 2. The monoisotopic (exact) mass is 244 g/mol. The molecule has 2 N–H and O–H groups in total. The molecule has 0 fully saturated rings. The summed E-state index contributed by atoms with van der Waals surface area (Å²) in [6, 6.07) is 10.1. The number of hydrogen-bond acceptors (Lipinski definition) is 3. The summed E-state index contributed by atoms with van der Waals surface area (Å²) in [4.78, 5) is 25.0. The van der Waals surface area contributed by atoms with E-state index in [0.29, 0.717) is 29.1 Å². The molecule has 0 unspecified atom stereocenters. The van der Waals surface area contributed by atoms with E-state index in [0.717, 1.165) is 0 Å². The van der Waals surface area contributed by atoms with E-state index < -0.39 is 0 Å². The lowest BCUT2D eigenvalue weighted by atomic mass is 10.3. The molecule has 0 aliphatic heterocycles. The van der Waals surface area contributed by atoms with E-state index in [1.807, 2.05) is 0 Å². The van der Waals surface area contributed by atoms with Gasteiger partial charge >= 0.3 is 0 Å². The molecule has 92 valence electrons. The number of aromatic nitrogens is 1. The Hall–Kier alpha value is -2.56. The van der Waals surface area contributed by atoms with E-state index in [1.54, 1.807) is 43.5 Å². The second-order valence-corrected chi connectivity index (χ2v) is 3.63. The molecule has 0 atom stereocenters. The van der Waals surface area contributed by atoms with Crippen molar-refractivity contribution in [2.45, 2.75) is 0 Å². The number of benzene rings is 1. The fourth-order valence-electron chi connectivity index (χ4n) is 1.51. The lowest BCUT2D eigenvalue weighted by Gasteiger charge is -2.05. The third-order valence-corrected chi connectivity index (χ3v) is 2.41. The Morgan fingerprint density at radius 2 is 2.17 bits per heavy atom. The van der Waals surface area contributed by atoms with Gasteiger partial charge in [0, 0.05) is 11.8 Å². The number of hydrogen-bond donors (Lipinski definition) is 2. The predicted molar refractivity (Wildman–Crippen MR) is 67.1 cm³/mol. The maximum absolute atomic E-state index is 11.8. The maximum atomic E-state index is 11.8. The van der Waals surface area contributed by atoms with Crippen LogP contribution in [0.1, 0.15) is 21.0 Å². The highest BCUT2D eigenvalue weighted by Gasteiger charge is 2.08. The first-order chi connectivity index (χ1) is 8.72. The van der Waals surface area contributed by atoms with Gasteiger partial charge in [-0.1, -0.05) is 6.07 Å². The van der Waals surface area contributed by atoms with Gasteiger partial charge in [0.1, 0.15) is 11.4 Å². The fourth-order valence-corrected chi connectivity index (χ4v) is 1.51. The molecule has 0 radical (unpaired) electrons. The number of amides is 1. The highest BCUT2D eigenvalue weighted by molar-refractivity contribution is 6.03. The number of ether oxygens (including phenoxy) is 1. The van der Waals surface area contributed by atoms with Gasteiger partial charge in [-0.25, -0.2) is 0 Å². The van der Waals surface area contributed by atoms with E-state index in [4.69, 9.17) is 4.74 Å². The van der Waals surface area contributed by atoms with Gasteiger partial charge in [0.25, 0.3) is 5.91 Å². The minimum atomic E-state index is -0.309. The standard InChI is InChI=1S/C13H12N2O3/c1-18-11-4-2-3-9(7-11)15-13(17)12-6-5-10(8-16)14-12/h2-8,14H,1H3,(H,15,17). The zero-order chi connectivity index (χ0) is 13.0. The molecule has 1 aromatic heterocycles. The Balaban J connectivity index is 2.12. The Morgan fingerprint density at radius 3 is 2.83 bits per heavy atom. The summed E-state index contributed by atoms with van der Waals surface area (Å²) >= 11 is 0. The van der Waals surface area contributed by atoms with E-state index >= 15 is 0 Å². The second-order valence-electron chi connectivity index (χ2n) is 3.63. The van der Waals surface area contributed by atoms with Gasteiger partial charge in [-0.2, -0.15) is 0 Å². The molecule has 1 aromatic carbocycles. The van der Waals surface area contributed by atoms with Crippen LogP contribution in [0.5, 0.6) is 5.75 Å². The SMILES string of the molecule is COc1cccc(NC(=O)c2ccc(C=O)[nH]2)c1. The van der Waals surface area contributed by atoms with Gasteiger partial charge < -0.3 is 15.0 Å². The number of methoxy groups -OCH3 is 1. The highest BCUT2D eigenvalue weighted by Crippen LogP contribution is 2.17. The van der Waals surface area contributed by atoms with Crippen molar-refractivity contribution in [3.05, 3.63) is 47.8 Å². The van der Waals surface area contributed by atoms with Crippen LogP contribution in [0.3, 0.4) is 0 Å². The van der Waals surface area contributed by atoms with Gasteiger partial charge in [0.05, 0.1) is 12.8 Å². The number of nitrogens with one attached hydrogen (secondary N) is 2. The van der Waals surface area contributed by atoms with Crippen LogP contribution >= 0.6 is 0 Å². The van der Waals surface area contributed by atoms with Crippen LogP contribution in [0, 0.1) is 0 Å². The summed E-state index contributed by atoms with van der Waals surface area (Å²) in [5.41, 5.74) is 1.33. The molecule has 18 heavy (non-hydrogen) atoms. The first-order valence-corrected chi connectivity index (χ1v) is 5.32. The van der Waals surface area contributed by atoms with Gasteiger partial charge in [-0.15, -0.1) is 0 Å². The molecule has 1 amide bonds. The molecule has 2 rings (SSSR count). The molecule has 2 aromatic rings. The normalized spacial score (nSPS) is 9.83. The van der Waals surface area contributed by atoms with Gasteiger partial charge in [0.15, 0.2) is 6.29 Å². The van der Waals surface area contributed by atoms with Crippen molar-refractivity contribution in [1.82, 2.24) is 4.98 Å². The summed E-state index contributed by atoms with van der Waals surface area (Å²) in [6.45, 7) is 0. The largest absolute Gasteiger partial charge is 0.497 e. The zero-order valence-corrected chi connectivity index (χ0v) is 9.77. The molecule has 1 heterocycles. The van der Waals surface area contributed by atoms with Crippen molar-refractivity contribution in [2.24, 2.45) is 0 Å². The minimum Gasteiger partial charge on any atom is -0.497 e. The average Bonchev–Trinajstić information content (AvgIpc) is 2.88. The maximum Gasteiger partial charge on any atom is 0.272 e. The van der Waals surface area contributed by atoms with Crippen LogP contribution in [0.2, 0.25) is 0 Å². The van der Waals surface area contributed by atoms with E-state index in [1.165, 1.54) is 0 Å². The fraction of sp³-hybridized carbons (Fsp3) is 0.0769. The van der Waals surface area contributed by atoms with Gasteiger partial charge in [-0.3, -0.25) is 9.59 Å². The molecule has 0 aliphatic carbocycles. The first-order valence-electron chi connectivity index (χ1n) is 5.32. The summed E-state index contributed by atoms with van der Waals surface area (Å²) < 4.78 is 5.06. The smallest absolute Gasteiger partial charge is 0.272 e. The molecule has 5 nitrogen and oxygen atoms in total. The summed E-state index contributed by atoms with van der Waals surface area (Å²) in [6.07, 6.45) is 0.655. The Morgan fingerprint density at radius 1 is 1.33 bits per heavy atom. The zero-order valence-electron chi connectivity index (χ0n) is 9.77. The Kier molecular flexibility index (Phi) is 3.43. The molecule has 5 heteroatoms. The topological polar surface area (TPSA) is 71.2 Å². The van der Waals surface area contributed by atoms with Crippen molar-refractivity contribution in [2.75, 3.05) is 12.4 Å². The van der Waals surface area contributed by atoms with Crippen molar-refractivity contribution < 1.29 is 14.3 Å². The third-order valence-electron chi connectivity index (χ3n) is 2.41. The number of H-pyrrole nitrogens is 1. The van der Waals surface area contributed by atoms with Crippen LogP contribution in [0.4, 0.5) is 5.69 Å².